The summed E-state index contributed by atoms with van der Waals surface area (Å²) in [5, 5.41) is 7.52. The van der Waals surface area contributed by atoms with Crippen molar-refractivity contribution in [2.45, 2.75) is 57.8 Å². The van der Waals surface area contributed by atoms with Gasteiger partial charge in [0.15, 0.2) is 0 Å². The maximum absolute atomic E-state index is 13.5. The van der Waals surface area contributed by atoms with Gasteiger partial charge in [0.25, 0.3) is 0 Å². The first-order valence-corrected chi connectivity index (χ1v) is 11.4. The number of fused-ring (bicyclic) bond motifs is 1. The van der Waals surface area contributed by atoms with E-state index in [0.717, 1.165) is 39.0 Å². The Labute approximate surface area is 184 Å². The number of nitrogens with zero attached hydrogens (tertiary/aromatic N) is 2. The zero-order chi connectivity index (χ0) is 21.8. The number of ether oxygens (including phenoxy) is 1. The normalized spacial score (nSPS) is 21.2. The van der Waals surface area contributed by atoms with E-state index < -0.39 is 0 Å². The zero-order valence-electron chi connectivity index (χ0n) is 18.6. The van der Waals surface area contributed by atoms with Gasteiger partial charge in [0.1, 0.15) is 0 Å². The van der Waals surface area contributed by atoms with Crippen LogP contribution in [-0.2, 0) is 27.4 Å². The molecule has 1 saturated carbocycles. The summed E-state index contributed by atoms with van der Waals surface area (Å²) >= 11 is 0. The molecule has 1 saturated heterocycles. The van der Waals surface area contributed by atoms with E-state index in [4.69, 9.17) is 4.74 Å². The molecule has 7 nitrogen and oxygen atoms in total. The number of carbonyl (C=O) groups is 2. The first-order chi connectivity index (χ1) is 15.1. The Morgan fingerprint density at radius 2 is 2.06 bits per heavy atom. The summed E-state index contributed by atoms with van der Waals surface area (Å²) in [7, 11) is 1.73. The molecule has 2 unspecified atom stereocenters. The molecule has 2 aliphatic rings. The topological polar surface area (TPSA) is 75.6 Å². The zero-order valence-corrected chi connectivity index (χ0v) is 18.6. The van der Waals surface area contributed by atoms with Crippen molar-refractivity contribution in [2.75, 3.05) is 26.8 Å². The summed E-state index contributed by atoms with van der Waals surface area (Å²) in [5.74, 6) is 0.0720. The van der Waals surface area contributed by atoms with Crippen molar-refractivity contribution in [3.63, 3.8) is 0 Å². The molecule has 1 aliphatic carbocycles. The monoisotopic (exact) mass is 426 g/mol. The number of hydrogen-bond acceptors (Lipinski definition) is 4. The van der Waals surface area contributed by atoms with Crippen LogP contribution in [0.1, 0.15) is 38.2 Å². The first-order valence-electron chi connectivity index (χ1n) is 11.4. The highest BCUT2D eigenvalue weighted by Crippen LogP contribution is 2.33. The molecular weight excluding hydrogens is 392 g/mol. The minimum absolute atomic E-state index is 0.0175. The third kappa shape index (κ3) is 5.28. The summed E-state index contributed by atoms with van der Waals surface area (Å²) in [6.45, 7) is 5.21. The van der Waals surface area contributed by atoms with Crippen LogP contribution in [0.25, 0.3) is 10.9 Å². The van der Waals surface area contributed by atoms with Gasteiger partial charge in [-0.3, -0.25) is 9.59 Å². The average Bonchev–Trinajstić information content (AvgIpc) is 3.55. The second-order valence-electron chi connectivity index (χ2n) is 8.90. The third-order valence-corrected chi connectivity index (χ3v) is 6.34. The van der Waals surface area contributed by atoms with Gasteiger partial charge in [-0.15, -0.1) is 0 Å². The summed E-state index contributed by atoms with van der Waals surface area (Å²) in [4.78, 5) is 27.1. The molecule has 0 bridgehead atoms. The minimum Gasteiger partial charge on any atom is -0.385 e. The molecule has 0 radical (unpaired) electrons. The third-order valence-electron chi connectivity index (χ3n) is 6.34. The molecule has 2 atom stereocenters. The Bertz CT molecular complexity index is 921. The molecule has 31 heavy (non-hydrogen) atoms. The van der Waals surface area contributed by atoms with Gasteiger partial charge in [-0.1, -0.05) is 18.2 Å². The van der Waals surface area contributed by atoms with Gasteiger partial charge < -0.3 is 24.8 Å². The van der Waals surface area contributed by atoms with Crippen LogP contribution in [0.2, 0.25) is 0 Å². The van der Waals surface area contributed by atoms with Crippen LogP contribution >= 0.6 is 0 Å². The van der Waals surface area contributed by atoms with Crippen molar-refractivity contribution in [1.29, 1.82) is 0 Å². The summed E-state index contributed by atoms with van der Waals surface area (Å²) < 4.78 is 7.51. The van der Waals surface area contributed by atoms with E-state index in [2.05, 4.69) is 50.6 Å². The molecule has 2 fully saturated rings. The van der Waals surface area contributed by atoms with Crippen molar-refractivity contribution in [3.8, 4) is 0 Å². The van der Waals surface area contributed by atoms with Gasteiger partial charge in [0.05, 0.1) is 5.92 Å². The number of para-hydroxylation sites is 1. The molecule has 1 aromatic carbocycles. The lowest BCUT2D eigenvalue weighted by Crippen LogP contribution is -2.52. The SMILES string of the molecule is COCCCn1cc(CN(C(=O)C2CNCC(NC(C)=O)C2)C2CC2)c2ccccc21. The van der Waals surface area contributed by atoms with E-state index in [0.29, 0.717) is 25.6 Å². The maximum Gasteiger partial charge on any atom is 0.227 e. The second kappa shape index (κ2) is 9.83. The van der Waals surface area contributed by atoms with Crippen LogP contribution in [0.4, 0.5) is 0 Å². The minimum atomic E-state index is -0.0961. The number of piperidine rings is 1. The fourth-order valence-electron chi connectivity index (χ4n) is 4.73. The number of aromatic nitrogens is 1. The van der Waals surface area contributed by atoms with Gasteiger partial charge in [-0.2, -0.15) is 0 Å². The summed E-state index contributed by atoms with van der Waals surface area (Å²) in [6.07, 6.45) is 6.02. The van der Waals surface area contributed by atoms with Crippen LogP contribution in [0, 0.1) is 5.92 Å². The Hall–Kier alpha value is -2.38. The second-order valence-corrected chi connectivity index (χ2v) is 8.90. The van der Waals surface area contributed by atoms with E-state index in [1.54, 1.807) is 7.11 Å². The van der Waals surface area contributed by atoms with Crippen molar-refractivity contribution < 1.29 is 14.3 Å². The van der Waals surface area contributed by atoms with Crippen LogP contribution in [0.3, 0.4) is 0 Å². The number of amides is 2. The van der Waals surface area contributed by atoms with Crippen molar-refractivity contribution >= 4 is 22.7 Å². The highest BCUT2D eigenvalue weighted by atomic mass is 16.5. The summed E-state index contributed by atoms with van der Waals surface area (Å²) in [6, 6.07) is 8.80. The largest absolute Gasteiger partial charge is 0.385 e. The van der Waals surface area contributed by atoms with Crippen LogP contribution < -0.4 is 10.6 Å². The van der Waals surface area contributed by atoms with Crippen LogP contribution in [0.15, 0.2) is 30.5 Å². The number of nitrogens with one attached hydrogen (secondary N) is 2. The predicted molar refractivity (Wildman–Crippen MR) is 121 cm³/mol. The summed E-state index contributed by atoms with van der Waals surface area (Å²) in [5.41, 5.74) is 2.41. The number of aryl methyl sites for hydroxylation is 1. The Balaban J connectivity index is 1.51. The molecule has 2 amide bonds. The van der Waals surface area contributed by atoms with E-state index >= 15 is 0 Å². The lowest BCUT2D eigenvalue weighted by molar-refractivity contribution is -0.138. The lowest BCUT2D eigenvalue weighted by atomic mass is 9.94. The molecule has 2 N–H and O–H groups in total. The quantitative estimate of drug-likeness (QED) is 0.604. The number of hydrogen-bond donors (Lipinski definition) is 2. The number of carbonyl (C=O) groups excluding carboxylic acids is 2. The molecule has 4 rings (SSSR count). The van der Waals surface area contributed by atoms with E-state index in [-0.39, 0.29) is 23.8 Å². The number of rotatable bonds is 9. The van der Waals surface area contributed by atoms with E-state index in [1.807, 2.05) is 0 Å². The molecule has 0 spiro atoms. The molecule has 168 valence electrons. The number of methoxy groups -OCH3 is 1. The predicted octanol–water partition coefficient (Wildman–Crippen LogP) is 2.28. The van der Waals surface area contributed by atoms with E-state index in [9.17, 15) is 9.59 Å². The highest BCUT2D eigenvalue weighted by Gasteiger charge is 2.38. The lowest BCUT2D eigenvalue weighted by Gasteiger charge is -2.33. The van der Waals surface area contributed by atoms with Crippen molar-refractivity contribution in [1.82, 2.24) is 20.1 Å². The fourth-order valence-corrected chi connectivity index (χ4v) is 4.73. The smallest absolute Gasteiger partial charge is 0.227 e. The Morgan fingerprint density at radius 3 is 2.81 bits per heavy atom. The molecular formula is C24H34N4O3. The highest BCUT2D eigenvalue weighted by molar-refractivity contribution is 5.85. The van der Waals surface area contributed by atoms with Gasteiger partial charge in [0.2, 0.25) is 11.8 Å². The number of benzene rings is 1. The van der Waals surface area contributed by atoms with Crippen molar-refractivity contribution in [2.24, 2.45) is 5.92 Å². The van der Waals surface area contributed by atoms with Crippen LogP contribution in [-0.4, -0.2) is 60.2 Å². The Kier molecular flexibility index (Phi) is 6.92. The molecule has 2 aromatic rings. The van der Waals surface area contributed by atoms with Gasteiger partial charge in [-0.25, -0.2) is 0 Å². The molecule has 2 heterocycles. The van der Waals surface area contributed by atoms with Crippen LogP contribution in [0.5, 0.6) is 0 Å². The van der Waals surface area contributed by atoms with Crippen molar-refractivity contribution in [3.05, 3.63) is 36.0 Å². The maximum atomic E-state index is 13.5. The molecule has 7 heteroatoms. The van der Waals surface area contributed by atoms with E-state index in [1.165, 1.54) is 23.4 Å². The molecule has 1 aliphatic heterocycles. The standard InChI is InChI=1S/C24H34N4O3/c1-17(29)26-20-12-18(13-25-14-20)24(30)28(21-8-9-21)16-19-15-27(10-5-11-31-2)23-7-4-3-6-22(19)23/h3-4,6-7,15,18,20-21,25H,5,8-14,16H2,1-2H3,(H,26,29). The molecule has 1 aromatic heterocycles. The van der Waals surface area contributed by atoms with Gasteiger partial charge >= 0.3 is 0 Å². The average molecular weight is 427 g/mol. The first kappa shape index (κ1) is 21.8. The van der Waals surface area contributed by atoms with Gasteiger partial charge in [0, 0.05) is 76.0 Å². The van der Waals surface area contributed by atoms with Gasteiger partial charge in [-0.05, 0) is 37.3 Å². The Morgan fingerprint density at radius 1 is 1.26 bits per heavy atom. The fraction of sp³-hybridized carbons (Fsp3) is 0.583.